The van der Waals surface area contributed by atoms with E-state index in [0.29, 0.717) is 25.7 Å². The smallest absolute Gasteiger partial charge is 0.318 e. The van der Waals surface area contributed by atoms with Crippen LogP contribution in [0.5, 0.6) is 0 Å². The Hall–Kier alpha value is -1.14. The maximum atomic E-state index is 11.1. The van der Waals surface area contributed by atoms with Gasteiger partial charge in [-0.3, -0.25) is 9.59 Å². The zero-order valence-electron chi connectivity index (χ0n) is 10.2. The molecule has 1 rings (SSSR count). The van der Waals surface area contributed by atoms with E-state index >= 15 is 0 Å². The average Bonchev–Trinajstić information content (AvgIpc) is 2.27. The van der Waals surface area contributed by atoms with Gasteiger partial charge in [-0.25, -0.2) is 0 Å². The Bertz CT molecular complexity index is 287. The Morgan fingerprint density at radius 2 is 1.78 bits per heavy atom. The number of aliphatic hydroxyl groups is 2. The molecule has 3 atom stereocenters. The molecule has 104 valence electrons. The van der Waals surface area contributed by atoms with E-state index in [4.69, 9.17) is 15.3 Å². The van der Waals surface area contributed by atoms with Crippen molar-refractivity contribution in [3.8, 4) is 0 Å². The second-order valence-corrected chi connectivity index (χ2v) is 4.91. The second-order valence-electron chi connectivity index (χ2n) is 4.91. The van der Waals surface area contributed by atoms with Crippen LogP contribution in [0.4, 0.5) is 0 Å². The lowest BCUT2D eigenvalue weighted by Gasteiger charge is -2.36. The Labute approximate surface area is 105 Å². The van der Waals surface area contributed by atoms with E-state index in [9.17, 15) is 14.7 Å². The van der Waals surface area contributed by atoms with Crippen molar-refractivity contribution in [1.29, 1.82) is 0 Å². The van der Waals surface area contributed by atoms with Crippen LogP contribution in [0.15, 0.2) is 0 Å². The molecule has 6 nitrogen and oxygen atoms in total. The van der Waals surface area contributed by atoms with Crippen LogP contribution in [0.25, 0.3) is 0 Å². The molecule has 1 aliphatic rings. The van der Waals surface area contributed by atoms with Crippen LogP contribution in [0.3, 0.4) is 0 Å². The standard InChI is InChI=1S/C12H20O6/c13-5-1-2-7-3-4-8(14)6-9(7)10(11(15)16)12(17)18/h7-10,13-14H,1-6H2,(H,15,16)(H,17,18). The van der Waals surface area contributed by atoms with Gasteiger partial charge in [-0.15, -0.1) is 0 Å². The number of carbonyl (C=O) groups is 2. The largest absolute Gasteiger partial charge is 0.481 e. The summed E-state index contributed by atoms with van der Waals surface area (Å²) in [5, 5.41) is 36.4. The molecule has 0 spiro atoms. The topological polar surface area (TPSA) is 115 Å². The predicted molar refractivity (Wildman–Crippen MR) is 61.9 cm³/mol. The molecule has 1 fully saturated rings. The molecular weight excluding hydrogens is 240 g/mol. The van der Waals surface area contributed by atoms with E-state index in [0.717, 1.165) is 0 Å². The first-order chi connectivity index (χ1) is 8.47. The Morgan fingerprint density at radius 1 is 1.17 bits per heavy atom. The molecule has 0 bridgehead atoms. The van der Waals surface area contributed by atoms with E-state index in [1.807, 2.05) is 0 Å². The van der Waals surface area contributed by atoms with Crippen LogP contribution in [0, 0.1) is 17.8 Å². The quantitative estimate of drug-likeness (QED) is 0.511. The highest BCUT2D eigenvalue weighted by molar-refractivity contribution is 5.93. The van der Waals surface area contributed by atoms with Crippen molar-refractivity contribution >= 4 is 11.9 Å². The zero-order valence-corrected chi connectivity index (χ0v) is 10.2. The van der Waals surface area contributed by atoms with Gasteiger partial charge in [0.15, 0.2) is 5.92 Å². The highest BCUT2D eigenvalue weighted by atomic mass is 16.4. The molecule has 0 amide bonds. The summed E-state index contributed by atoms with van der Waals surface area (Å²) < 4.78 is 0. The van der Waals surface area contributed by atoms with Crippen LogP contribution in [0.2, 0.25) is 0 Å². The summed E-state index contributed by atoms with van der Waals surface area (Å²) in [6.45, 7) is 0.0105. The minimum atomic E-state index is -1.47. The van der Waals surface area contributed by atoms with Crippen molar-refractivity contribution in [3.05, 3.63) is 0 Å². The summed E-state index contributed by atoms with van der Waals surface area (Å²) in [7, 11) is 0. The lowest BCUT2D eigenvalue weighted by atomic mass is 9.70. The number of carboxylic acid groups (broad SMARTS) is 2. The molecule has 0 aromatic heterocycles. The van der Waals surface area contributed by atoms with Crippen LogP contribution in [-0.2, 0) is 9.59 Å². The van der Waals surface area contributed by atoms with Crippen molar-refractivity contribution < 1.29 is 30.0 Å². The maximum Gasteiger partial charge on any atom is 0.318 e. The third-order valence-corrected chi connectivity index (χ3v) is 3.71. The van der Waals surface area contributed by atoms with Gasteiger partial charge in [0.05, 0.1) is 6.10 Å². The molecule has 0 aliphatic heterocycles. The fourth-order valence-corrected chi connectivity index (χ4v) is 2.84. The molecule has 4 N–H and O–H groups in total. The molecule has 18 heavy (non-hydrogen) atoms. The fraction of sp³-hybridized carbons (Fsp3) is 0.833. The number of carboxylic acids is 2. The van der Waals surface area contributed by atoms with E-state index < -0.39 is 29.9 Å². The van der Waals surface area contributed by atoms with E-state index in [-0.39, 0.29) is 18.9 Å². The third-order valence-electron chi connectivity index (χ3n) is 3.71. The van der Waals surface area contributed by atoms with Gasteiger partial charge in [0.1, 0.15) is 0 Å². The number of aliphatic carboxylic acids is 2. The number of aliphatic hydroxyl groups excluding tert-OH is 2. The molecule has 0 heterocycles. The van der Waals surface area contributed by atoms with Gasteiger partial charge in [0.2, 0.25) is 0 Å². The normalized spacial score (nSPS) is 28.3. The molecule has 0 radical (unpaired) electrons. The summed E-state index contributed by atoms with van der Waals surface area (Å²) in [4.78, 5) is 22.1. The SMILES string of the molecule is O=C(O)C(C(=O)O)C1CC(O)CCC1CCCO. The molecule has 0 aromatic rings. The van der Waals surface area contributed by atoms with E-state index in [2.05, 4.69) is 0 Å². The van der Waals surface area contributed by atoms with Crippen molar-refractivity contribution in [2.24, 2.45) is 17.8 Å². The van der Waals surface area contributed by atoms with Gasteiger partial charge >= 0.3 is 11.9 Å². The summed E-state index contributed by atoms with van der Waals surface area (Å²) >= 11 is 0. The fourth-order valence-electron chi connectivity index (χ4n) is 2.84. The summed E-state index contributed by atoms with van der Waals surface area (Å²) in [5.74, 6) is -4.79. The highest BCUT2D eigenvalue weighted by Crippen LogP contribution is 2.38. The minimum Gasteiger partial charge on any atom is -0.481 e. The lowest BCUT2D eigenvalue weighted by molar-refractivity contribution is -0.160. The minimum absolute atomic E-state index is 0.0105. The molecule has 1 aliphatic carbocycles. The first kappa shape index (κ1) is 14.9. The lowest BCUT2D eigenvalue weighted by Crippen LogP contribution is -2.40. The molecule has 6 heteroatoms. The third kappa shape index (κ3) is 3.68. The number of rotatable bonds is 6. The van der Waals surface area contributed by atoms with Crippen molar-refractivity contribution in [2.75, 3.05) is 6.61 Å². The van der Waals surface area contributed by atoms with Crippen LogP contribution < -0.4 is 0 Å². The molecule has 1 saturated carbocycles. The summed E-state index contributed by atoms with van der Waals surface area (Å²) in [6, 6.07) is 0. The van der Waals surface area contributed by atoms with E-state index in [1.165, 1.54) is 0 Å². The van der Waals surface area contributed by atoms with Gasteiger partial charge in [-0.1, -0.05) is 0 Å². The number of hydrogen-bond acceptors (Lipinski definition) is 4. The molecule has 3 unspecified atom stereocenters. The second kappa shape index (κ2) is 6.70. The number of hydrogen-bond donors (Lipinski definition) is 4. The van der Waals surface area contributed by atoms with Gasteiger partial charge in [-0.05, 0) is 43.9 Å². The molecule has 0 aromatic carbocycles. The van der Waals surface area contributed by atoms with Crippen molar-refractivity contribution in [2.45, 2.75) is 38.2 Å². The van der Waals surface area contributed by atoms with Gasteiger partial charge in [0, 0.05) is 6.61 Å². The van der Waals surface area contributed by atoms with E-state index in [1.54, 1.807) is 0 Å². The molecular formula is C12H20O6. The summed E-state index contributed by atoms with van der Waals surface area (Å²) in [5.41, 5.74) is 0. The van der Waals surface area contributed by atoms with Crippen LogP contribution >= 0.6 is 0 Å². The predicted octanol–water partition coefficient (Wildman–Crippen LogP) is 0.321. The molecule has 0 saturated heterocycles. The Balaban J connectivity index is 2.81. The average molecular weight is 260 g/mol. The maximum absolute atomic E-state index is 11.1. The first-order valence-electron chi connectivity index (χ1n) is 6.22. The van der Waals surface area contributed by atoms with Gasteiger partial charge < -0.3 is 20.4 Å². The van der Waals surface area contributed by atoms with Crippen LogP contribution in [-0.4, -0.2) is 45.1 Å². The van der Waals surface area contributed by atoms with Gasteiger partial charge in [-0.2, -0.15) is 0 Å². The van der Waals surface area contributed by atoms with Crippen molar-refractivity contribution in [3.63, 3.8) is 0 Å². The van der Waals surface area contributed by atoms with Crippen LogP contribution in [0.1, 0.15) is 32.1 Å². The monoisotopic (exact) mass is 260 g/mol. The Kier molecular flexibility index (Phi) is 5.55. The Morgan fingerprint density at radius 3 is 2.28 bits per heavy atom. The van der Waals surface area contributed by atoms with Gasteiger partial charge in [0.25, 0.3) is 0 Å². The highest BCUT2D eigenvalue weighted by Gasteiger charge is 2.42. The first-order valence-corrected chi connectivity index (χ1v) is 6.22. The van der Waals surface area contributed by atoms with Crippen molar-refractivity contribution in [1.82, 2.24) is 0 Å². The summed E-state index contributed by atoms with van der Waals surface area (Å²) in [6.07, 6.45) is 1.90. The zero-order chi connectivity index (χ0) is 13.7.